The largest absolute Gasteiger partial charge is 0.482 e. The number of anilines is 2. The molecule has 0 fully saturated rings. The number of hydrogen-bond donors (Lipinski definition) is 3. The van der Waals surface area contributed by atoms with Gasteiger partial charge in [0.1, 0.15) is 24.1 Å². The molecule has 0 saturated heterocycles. The summed E-state index contributed by atoms with van der Waals surface area (Å²) in [6.07, 6.45) is 2.95. The molecule has 2 aromatic carbocycles. The van der Waals surface area contributed by atoms with Gasteiger partial charge in [-0.05, 0) is 30.3 Å². The van der Waals surface area contributed by atoms with Crippen LogP contribution in [-0.2, 0) is 4.79 Å². The average molecular weight is 444 g/mol. The number of hydrazine groups is 1. The van der Waals surface area contributed by atoms with E-state index in [-0.39, 0.29) is 18.1 Å². The number of aromatic nitrogens is 4. The summed E-state index contributed by atoms with van der Waals surface area (Å²) in [5.41, 5.74) is 13.2. The fourth-order valence-corrected chi connectivity index (χ4v) is 3.17. The second kappa shape index (κ2) is 8.44. The number of rotatable bonds is 6. The minimum atomic E-state index is -0.464. The van der Waals surface area contributed by atoms with Gasteiger partial charge < -0.3 is 10.5 Å². The molecule has 152 valence electrons. The van der Waals surface area contributed by atoms with Gasteiger partial charge in [-0.25, -0.2) is 15.0 Å². The van der Waals surface area contributed by atoms with Crippen molar-refractivity contribution in [3.05, 3.63) is 65.2 Å². The quantitative estimate of drug-likeness (QED) is 0.391. The van der Waals surface area contributed by atoms with Crippen molar-refractivity contribution in [3.8, 4) is 11.6 Å². The summed E-state index contributed by atoms with van der Waals surface area (Å²) in [5, 5.41) is 0.777. The van der Waals surface area contributed by atoms with Crippen LogP contribution >= 0.6 is 23.2 Å². The lowest BCUT2D eigenvalue weighted by molar-refractivity contribution is -0.122. The third kappa shape index (κ3) is 4.07. The van der Waals surface area contributed by atoms with Crippen LogP contribution in [0, 0.1) is 0 Å². The molecule has 0 radical (unpaired) electrons. The molecule has 0 aliphatic rings. The van der Waals surface area contributed by atoms with E-state index in [0.717, 1.165) is 11.0 Å². The van der Waals surface area contributed by atoms with Crippen molar-refractivity contribution in [2.24, 2.45) is 0 Å². The molecule has 4 rings (SSSR count). The van der Waals surface area contributed by atoms with Crippen LogP contribution in [0.25, 0.3) is 16.9 Å². The molecule has 0 aliphatic carbocycles. The molecule has 1 amide bonds. The van der Waals surface area contributed by atoms with Crippen LogP contribution in [0.1, 0.15) is 0 Å². The highest BCUT2D eigenvalue weighted by Gasteiger charge is 2.13. The van der Waals surface area contributed by atoms with Crippen LogP contribution in [0.2, 0.25) is 10.0 Å². The number of amides is 1. The first-order chi connectivity index (χ1) is 14.5. The molecule has 0 aliphatic heterocycles. The van der Waals surface area contributed by atoms with E-state index in [1.54, 1.807) is 23.0 Å². The summed E-state index contributed by atoms with van der Waals surface area (Å²) >= 11 is 11.9. The Morgan fingerprint density at radius 3 is 2.80 bits per heavy atom. The molecule has 0 atom stereocenters. The van der Waals surface area contributed by atoms with Gasteiger partial charge in [-0.1, -0.05) is 35.3 Å². The van der Waals surface area contributed by atoms with Crippen molar-refractivity contribution in [2.45, 2.75) is 0 Å². The number of nitrogens with zero attached hydrogens (tertiary/aromatic N) is 4. The molecule has 30 heavy (non-hydrogen) atoms. The number of nitrogens with two attached hydrogens (primary N) is 1. The summed E-state index contributed by atoms with van der Waals surface area (Å²) in [5.74, 6) is 0.538. The molecule has 11 heteroatoms. The molecule has 0 spiro atoms. The highest BCUT2D eigenvalue weighted by molar-refractivity contribution is 6.35. The third-order valence-electron chi connectivity index (χ3n) is 4.12. The van der Waals surface area contributed by atoms with Crippen molar-refractivity contribution in [1.29, 1.82) is 0 Å². The van der Waals surface area contributed by atoms with E-state index in [4.69, 9.17) is 33.7 Å². The van der Waals surface area contributed by atoms with Crippen LogP contribution in [-0.4, -0.2) is 32.0 Å². The number of ether oxygens (including phenoxy) is 1. The van der Waals surface area contributed by atoms with Gasteiger partial charge in [0, 0.05) is 5.02 Å². The third-order valence-corrected chi connectivity index (χ3v) is 4.65. The number of halogens is 2. The van der Waals surface area contributed by atoms with Crippen LogP contribution in [0.15, 0.2) is 55.1 Å². The Bertz CT molecular complexity index is 1230. The van der Waals surface area contributed by atoms with Crippen molar-refractivity contribution in [1.82, 2.24) is 24.9 Å². The number of carbonyl (C=O) groups is 1. The molecule has 2 aromatic heterocycles. The summed E-state index contributed by atoms with van der Waals surface area (Å²) in [4.78, 5) is 24.7. The van der Waals surface area contributed by atoms with Gasteiger partial charge in [-0.2, -0.15) is 0 Å². The molecular formula is C19H15Cl2N7O2. The lowest BCUT2D eigenvalue weighted by atomic mass is 10.3. The number of carbonyl (C=O) groups excluding carboxylic acids is 1. The van der Waals surface area contributed by atoms with E-state index in [9.17, 15) is 4.79 Å². The maximum absolute atomic E-state index is 12.1. The predicted octanol–water partition coefficient (Wildman–Crippen LogP) is 3.23. The fraction of sp³-hybridized carbons (Fsp3) is 0.0526. The molecule has 0 unspecified atom stereocenters. The van der Waals surface area contributed by atoms with Gasteiger partial charge >= 0.3 is 0 Å². The van der Waals surface area contributed by atoms with Gasteiger partial charge in [0.2, 0.25) is 0 Å². The zero-order valence-electron chi connectivity index (χ0n) is 15.3. The summed E-state index contributed by atoms with van der Waals surface area (Å²) in [6.45, 7) is -0.279. The van der Waals surface area contributed by atoms with Gasteiger partial charge in [-0.15, -0.1) is 0 Å². The van der Waals surface area contributed by atoms with E-state index in [2.05, 4.69) is 25.8 Å². The van der Waals surface area contributed by atoms with Crippen LogP contribution < -0.4 is 21.3 Å². The zero-order valence-corrected chi connectivity index (χ0v) is 16.9. The number of fused-ring (bicyclic) bond motifs is 1. The Kier molecular flexibility index (Phi) is 5.55. The Labute approximate surface area is 180 Å². The molecule has 4 N–H and O–H groups in total. The molecular weight excluding hydrogens is 429 g/mol. The number of benzene rings is 2. The van der Waals surface area contributed by atoms with Crippen LogP contribution in [0.3, 0.4) is 0 Å². The molecule has 9 nitrogen and oxygen atoms in total. The average Bonchev–Trinajstić information content (AvgIpc) is 3.16. The number of nitrogens with one attached hydrogen (secondary N) is 2. The Morgan fingerprint density at radius 1 is 1.13 bits per heavy atom. The number of nitrogen functional groups attached to an aromatic ring is 1. The van der Waals surface area contributed by atoms with E-state index in [1.807, 2.05) is 24.3 Å². The minimum Gasteiger partial charge on any atom is -0.482 e. The maximum atomic E-state index is 12.1. The molecule has 2 heterocycles. The number of imidazole rings is 1. The maximum Gasteiger partial charge on any atom is 0.276 e. The van der Waals surface area contributed by atoms with Gasteiger partial charge in [0.15, 0.2) is 18.2 Å². The topological polar surface area (TPSA) is 120 Å². The normalized spacial score (nSPS) is 10.7. The Hall–Kier alpha value is -3.56. The predicted molar refractivity (Wildman–Crippen MR) is 115 cm³/mol. The van der Waals surface area contributed by atoms with Crippen molar-refractivity contribution < 1.29 is 9.53 Å². The van der Waals surface area contributed by atoms with E-state index >= 15 is 0 Å². The number of para-hydroxylation sites is 2. The monoisotopic (exact) mass is 443 g/mol. The minimum absolute atomic E-state index is 0.232. The van der Waals surface area contributed by atoms with E-state index in [0.29, 0.717) is 21.6 Å². The second-order valence-corrected chi connectivity index (χ2v) is 6.94. The molecule has 0 saturated carbocycles. The first kappa shape index (κ1) is 19.7. The fourth-order valence-electron chi connectivity index (χ4n) is 2.71. The van der Waals surface area contributed by atoms with Crippen LogP contribution in [0.4, 0.5) is 11.5 Å². The summed E-state index contributed by atoms with van der Waals surface area (Å²) < 4.78 is 7.13. The molecule has 4 aromatic rings. The van der Waals surface area contributed by atoms with Crippen molar-refractivity contribution in [3.63, 3.8) is 0 Å². The summed E-state index contributed by atoms with van der Waals surface area (Å²) in [6, 6.07) is 12.3. The lowest BCUT2D eigenvalue weighted by Crippen LogP contribution is -2.34. The Balaban J connectivity index is 1.44. The van der Waals surface area contributed by atoms with Gasteiger partial charge in [-0.3, -0.25) is 20.2 Å². The standard InChI is InChI=1S/C19H15Cl2N7O2/c20-11-5-6-15(12(21)7-11)30-8-16(29)26-27-18-17(22)19(24-9-23-18)28-10-25-13-3-1-2-4-14(13)28/h1-7,9-10H,8,22H2,(H,26,29)(H,23,24,27). The van der Waals surface area contributed by atoms with Crippen molar-refractivity contribution in [2.75, 3.05) is 17.8 Å². The summed E-state index contributed by atoms with van der Waals surface area (Å²) in [7, 11) is 0. The first-order valence-electron chi connectivity index (χ1n) is 8.68. The number of hydrogen-bond acceptors (Lipinski definition) is 7. The van der Waals surface area contributed by atoms with Crippen LogP contribution in [0.5, 0.6) is 5.75 Å². The van der Waals surface area contributed by atoms with Gasteiger partial charge in [0.05, 0.1) is 16.1 Å². The van der Waals surface area contributed by atoms with Crippen molar-refractivity contribution >= 4 is 51.6 Å². The van der Waals surface area contributed by atoms with E-state index < -0.39 is 5.91 Å². The zero-order chi connectivity index (χ0) is 21.1. The lowest BCUT2D eigenvalue weighted by Gasteiger charge is -2.13. The smallest absolute Gasteiger partial charge is 0.276 e. The molecule has 0 bridgehead atoms. The Morgan fingerprint density at radius 2 is 1.97 bits per heavy atom. The van der Waals surface area contributed by atoms with Gasteiger partial charge in [0.25, 0.3) is 5.91 Å². The highest BCUT2D eigenvalue weighted by atomic mass is 35.5. The first-order valence-corrected chi connectivity index (χ1v) is 9.44. The SMILES string of the molecule is Nc1c(NNC(=O)COc2ccc(Cl)cc2Cl)ncnc1-n1cnc2ccccc21. The highest BCUT2D eigenvalue weighted by Crippen LogP contribution is 2.27. The second-order valence-electron chi connectivity index (χ2n) is 6.10. The van der Waals surface area contributed by atoms with E-state index in [1.165, 1.54) is 12.4 Å².